The second-order valence-electron chi connectivity index (χ2n) is 5.26. The molecule has 1 aromatic heterocycles. The van der Waals surface area contributed by atoms with Crippen molar-refractivity contribution in [3.05, 3.63) is 36.4 Å². The van der Waals surface area contributed by atoms with E-state index in [1.54, 1.807) is 11.3 Å². The van der Waals surface area contributed by atoms with Gasteiger partial charge in [0.1, 0.15) is 5.00 Å². The molecule has 2 aromatic rings. The van der Waals surface area contributed by atoms with Crippen LogP contribution >= 0.6 is 23.1 Å². The van der Waals surface area contributed by atoms with Gasteiger partial charge >= 0.3 is 6.16 Å². The van der Waals surface area contributed by atoms with Crippen LogP contribution in [0.15, 0.2) is 36.4 Å². The summed E-state index contributed by atoms with van der Waals surface area (Å²) < 4.78 is 9.95. The van der Waals surface area contributed by atoms with Gasteiger partial charge in [0.05, 0.1) is 7.11 Å². The Morgan fingerprint density at radius 2 is 1.96 bits per heavy atom. The zero-order valence-electron chi connectivity index (χ0n) is 12.9. The van der Waals surface area contributed by atoms with Gasteiger partial charge in [-0.25, -0.2) is 4.79 Å². The van der Waals surface area contributed by atoms with E-state index in [1.807, 2.05) is 36.0 Å². The summed E-state index contributed by atoms with van der Waals surface area (Å²) in [7, 11) is 1.32. The molecule has 1 saturated heterocycles. The molecule has 0 bridgehead atoms. The second kappa shape index (κ2) is 7.75. The van der Waals surface area contributed by atoms with Gasteiger partial charge in [0, 0.05) is 17.0 Å². The van der Waals surface area contributed by atoms with Crippen molar-refractivity contribution in [1.29, 1.82) is 0 Å². The number of carbonyl (C=O) groups excluding carboxylic acids is 1. The molecule has 0 amide bonds. The molecular formula is C17H19NO3S2. The molecule has 1 N–H and O–H groups in total. The quantitative estimate of drug-likeness (QED) is 0.798. The van der Waals surface area contributed by atoms with E-state index < -0.39 is 6.16 Å². The van der Waals surface area contributed by atoms with Gasteiger partial charge in [-0.3, -0.25) is 0 Å². The number of benzene rings is 1. The van der Waals surface area contributed by atoms with Gasteiger partial charge in [0.25, 0.3) is 0 Å². The van der Waals surface area contributed by atoms with Crippen molar-refractivity contribution in [2.45, 2.75) is 18.9 Å². The molecule has 0 radical (unpaired) electrons. The standard InChI is InChI=1S/C17H19NO3S2/c1-20-17(19)21-14-11-15(12-5-3-2-4-6-12)23-16(14)18-13-7-9-22-10-8-13/h2-6,11,13,18H,7-10H2,1H3. The predicted octanol–water partition coefficient (Wildman–Crippen LogP) is 4.87. The fourth-order valence-corrected chi connectivity index (χ4v) is 4.63. The Morgan fingerprint density at radius 1 is 1.22 bits per heavy atom. The lowest BCUT2D eigenvalue weighted by molar-refractivity contribution is 0.122. The average molecular weight is 349 g/mol. The lowest BCUT2D eigenvalue weighted by atomic mass is 10.1. The van der Waals surface area contributed by atoms with Gasteiger partial charge in [0.15, 0.2) is 5.75 Å². The highest BCUT2D eigenvalue weighted by atomic mass is 32.2. The molecule has 3 rings (SSSR count). The number of carbonyl (C=O) groups is 1. The smallest absolute Gasteiger partial charge is 0.437 e. The SMILES string of the molecule is COC(=O)Oc1cc(-c2ccccc2)sc1NC1CCSCC1. The monoisotopic (exact) mass is 349 g/mol. The number of methoxy groups -OCH3 is 1. The Balaban J connectivity index is 1.85. The third-order valence-electron chi connectivity index (χ3n) is 3.67. The average Bonchev–Trinajstić information content (AvgIpc) is 2.99. The molecule has 122 valence electrons. The van der Waals surface area contributed by atoms with Crippen LogP contribution in [0.3, 0.4) is 0 Å². The van der Waals surface area contributed by atoms with E-state index in [9.17, 15) is 4.79 Å². The molecule has 1 aromatic carbocycles. The normalized spacial score (nSPS) is 15.2. The molecule has 4 nitrogen and oxygen atoms in total. The highest BCUT2D eigenvalue weighted by Crippen LogP contribution is 2.41. The number of ether oxygens (including phenoxy) is 2. The maximum absolute atomic E-state index is 11.5. The first-order valence-corrected chi connectivity index (χ1v) is 9.52. The highest BCUT2D eigenvalue weighted by Gasteiger charge is 2.20. The van der Waals surface area contributed by atoms with Crippen LogP contribution in [0.25, 0.3) is 10.4 Å². The number of nitrogens with one attached hydrogen (secondary N) is 1. The third-order valence-corrected chi connectivity index (χ3v) is 5.82. The maximum Gasteiger partial charge on any atom is 0.513 e. The Morgan fingerprint density at radius 3 is 2.65 bits per heavy atom. The Labute approximate surface area is 144 Å². The van der Waals surface area contributed by atoms with Gasteiger partial charge in [-0.15, -0.1) is 11.3 Å². The summed E-state index contributed by atoms with van der Waals surface area (Å²) in [5.74, 6) is 2.88. The van der Waals surface area contributed by atoms with Gasteiger partial charge in [-0.2, -0.15) is 11.8 Å². The van der Waals surface area contributed by atoms with Crippen LogP contribution in [-0.4, -0.2) is 30.8 Å². The predicted molar refractivity (Wildman–Crippen MR) is 96.8 cm³/mol. The van der Waals surface area contributed by atoms with Crippen LogP contribution in [0, 0.1) is 0 Å². The summed E-state index contributed by atoms with van der Waals surface area (Å²) in [5, 5.41) is 4.44. The lowest BCUT2D eigenvalue weighted by Crippen LogP contribution is -2.24. The van der Waals surface area contributed by atoms with Gasteiger partial charge < -0.3 is 14.8 Å². The minimum Gasteiger partial charge on any atom is -0.437 e. The molecule has 6 heteroatoms. The van der Waals surface area contributed by atoms with Gasteiger partial charge in [-0.1, -0.05) is 30.3 Å². The van der Waals surface area contributed by atoms with Crippen molar-refractivity contribution in [3.8, 4) is 16.2 Å². The first kappa shape index (κ1) is 16.2. The summed E-state index contributed by atoms with van der Waals surface area (Å²) in [4.78, 5) is 12.6. The van der Waals surface area contributed by atoms with Crippen LogP contribution in [0.4, 0.5) is 9.80 Å². The van der Waals surface area contributed by atoms with Crippen molar-refractivity contribution in [1.82, 2.24) is 0 Å². The summed E-state index contributed by atoms with van der Waals surface area (Å²) in [6, 6.07) is 12.4. The first-order valence-electron chi connectivity index (χ1n) is 7.55. The second-order valence-corrected chi connectivity index (χ2v) is 7.53. The molecule has 0 saturated carbocycles. The molecule has 2 heterocycles. The molecule has 0 spiro atoms. The van der Waals surface area contributed by atoms with Crippen molar-refractivity contribution in [2.75, 3.05) is 23.9 Å². The maximum atomic E-state index is 11.5. The van der Waals surface area contributed by atoms with E-state index in [4.69, 9.17) is 4.74 Å². The molecule has 0 atom stereocenters. The zero-order chi connectivity index (χ0) is 16.1. The molecule has 1 aliphatic heterocycles. The van der Waals surface area contributed by atoms with Gasteiger partial charge in [0.2, 0.25) is 0 Å². The molecule has 0 aliphatic carbocycles. The zero-order valence-corrected chi connectivity index (χ0v) is 14.5. The first-order chi connectivity index (χ1) is 11.3. The number of hydrogen-bond acceptors (Lipinski definition) is 6. The van der Waals surface area contributed by atoms with E-state index in [-0.39, 0.29) is 0 Å². The Bertz CT molecular complexity index is 651. The fourth-order valence-electron chi connectivity index (χ4n) is 2.45. The summed E-state index contributed by atoms with van der Waals surface area (Å²) in [6.45, 7) is 0. The largest absolute Gasteiger partial charge is 0.513 e. The number of anilines is 1. The molecule has 0 unspecified atom stereocenters. The van der Waals surface area contributed by atoms with Crippen LogP contribution in [0.2, 0.25) is 0 Å². The van der Waals surface area contributed by atoms with Crippen molar-refractivity contribution >= 4 is 34.3 Å². The molecule has 23 heavy (non-hydrogen) atoms. The molecule has 1 fully saturated rings. The molecule has 1 aliphatic rings. The van der Waals surface area contributed by atoms with E-state index in [0.717, 1.165) is 28.3 Å². The van der Waals surface area contributed by atoms with Crippen LogP contribution in [0.5, 0.6) is 5.75 Å². The number of thiophene rings is 1. The van der Waals surface area contributed by atoms with E-state index in [2.05, 4.69) is 22.2 Å². The summed E-state index contributed by atoms with van der Waals surface area (Å²) >= 11 is 3.60. The Hall–Kier alpha value is -1.66. The van der Waals surface area contributed by atoms with Crippen molar-refractivity contribution in [3.63, 3.8) is 0 Å². The summed E-state index contributed by atoms with van der Waals surface area (Å²) in [6.07, 6.45) is 1.56. The van der Waals surface area contributed by atoms with Crippen molar-refractivity contribution in [2.24, 2.45) is 0 Å². The number of rotatable bonds is 4. The van der Waals surface area contributed by atoms with Crippen LogP contribution in [0.1, 0.15) is 12.8 Å². The third kappa shape index (κ3) is 4.20. The fraction of sp³-hybridized carbons (Fsp3) is 0.353. The number of hydrogen-bond donors (Lipinski definition) is 1. The van der Waals surface area contributed by atoms with Crippen LogP contribution in [-0.2, 0) is 4.74 Å². The molecular weight excluding hydrogens is 330 g/mol. The minimum absolute atomic E-state index is 0.429. The van der Waals surface area contributed by atoms with E-state index in [0.29, 0.717) is 11.8 Å². The van der Waals surface area contributed by atoms with E-state index in [1.165, 1.54) is 18.6 Å². The summed E-state index contributed by atoms with van der Waals surface area (Å²) in [5.41, 5.74) is 1.11. The number of thioether (sulfide) groups is 1. The Kier molecular flexibility index (Phi) is 5.46. The van der Waals surface area contributed by atoms with E-state index >= 15 is 0 Å². The highest BCUT2D eigenvalue weighted by molar-refractivity contribution is 7.99. The van der Waals surface area contributed by atoms with Crippen LogP contribution < -0.4 is 10.1 Å². The van der Waals surface area contributed by atoms with Crippen molar-refractivity contribution < 1.29 is 14.3 Å². The van der Waals surface area contributed by atoms with Gasteiger partial charge in [-0.05, 0) is 29.9 Å². The lowest BCUT2D eigenvalue weighted by Gasteiger charge is -2.23. The topological polar surface area (TPSA) is 47.6 Å². The minimum atomic E-state index is -0.690.